The number of para-hydroxylation sites is 1. The van der Waals surface area contributed by atoms with E-state index in [9.17, 15) is 25.2 Å². The summed E-state index contributed by atoms with van der Waals surface area (Å²) in [5.41, 5.74) is 5.47. The van der Waals surface area contributed by atoms with E-state index in [2.05, 4.69) is 60.5 Å². The molecule has 22 heavy (non-hydrogen) atoms. The monoisotopic (exact) mass is 341 g/mol. The van der Waals surface area contributed by atoms with Gasteiger partial charge in [-0.25, -0.2) is 0 Å². The van der Waals surface area contributed by atoms with Crippen LogP contribution in [0.5, 0.6) is 0 Å². The molecule has 1 aliphatic heterocycles. The van der Waals surface area contributed by atoms with Gasteiger partial charge < -0.3 is 4.90 Å². The van der Waals surface area contributed by atoms with Crippen LogP contribution in [0.3, 0.4) is 0 Å². The SMILES string of the molecule is CN1Cc2ccccc2-c2ccccc21.F[P-](F)(F)(F)(F)F.[H+]. The van der Waals surface area contributed by atoms with Crippen LogP contribution in [0.25, 0.3) is 11.1 Å². The Balaban J connectivity index is 0.000000287. The van der Waals surface area contributed by atoms with Crippen molar-refractivity contribution in [3.05, 3.63) is 54.1 Å². The van der Waals surface area contributed by atoms with Gasteiger partial charge in [-0.15, -0.1) is 0 Å². The fourth-order valence-electron chi connectivity index (χ4n) is 2.30. The summed E-state index contributed by atoms with van der Waals surface area (Å²) in [5.74, 6) is 0. The Hall–Kier alpha value is -1.75. The van der Waals surface area contributed by atoms with Gasteiger partial charge in [0.1, 0.15) is 0 Å². The first-order valence-electron chi connectivity index (χ1n) is 6.26. The quantitative estimate of drug-likeness (QED) is 0.376. The third-order valence-electron chi connectivity index (χ3n) is 3.03. The van der Waals surface area contributed by atoms with Gasteiger partial charge >= 0.3 is 34.4 Å². The van der Waals surface area contributed by atoms with Gasteiger partial charge in [-0.3, -0.25) is 0 Å². The second kappa shape index (κ2) is 4.62. The zero-order valence-electron chi connectivity index (χ0n) is 12.5. The Labute approximate surface area is 124 Å². The molecular weight excluding hydrogens is 327 g/mol. The molecule has 0 spiro atoms. The van der Waals surface area contributed by atoms with Gasteiger partial charge in [-0.1, -0.05) is 42.5 Å². The average Bonchev–Trinajstić information content (AvgIpc) is 2.35. The molecule has 2 aromatic carbocycles. The number of rotatable bonds is 0. The molecule has 122 valence electrons. The molecule has 0 amide bonds. The molecule has 0 aromatic heterocycles. The maximum absolute atomic E-state index is 10.7. The maximum Gasteiger partial charge on any atom is 1.00 e. The van der Waals surface area contributed by atoms with E-state index in [4.69, 9.17) is 0 Å². The summed E-state index contributed by atoms with van der Waals surface area (Å²) in [7, 11) is -8.51. The van der Waals surface area contributed by atoms with E-state index in [-0.39, 0.29) is 1.43 Å². The van der Waals surface area contributed by atoms with E-state index in [1.807, 2.05) is 0 Å². The molecule has 0 saturated heterocycles. The number of benzene rings is 2. The molecule has 0 N–H and O–H groups in total. The van der Waals surface area contributed by atoms with Crippen molar-refractivity contribution in [1.82, 2.24) is 0 Å². The first kappa shape index (κ1) is 16.6. The van der Waals surface area contributed by atoms with Crippen molar-refractivity contribution in [2.24, 2.45) is 0 Å². The molecule has 0 fully saturated rings. The second-order valence-electron chi connectivity index (χ2n) is 4.99. The molecule has 1 heterocycles. The number of halogens is 6. The van der Waals surface area contributed by atoms with Crippen molar-refractivity contribution in [2.45, 2.75) is 6.54 Å². The van der Waals surface area contributed by atoms with Crippen molar-refractivity contribution in [3.8, 4) is 11.1 Å². The Morgan fingerprint density at radius 1 is 0.818 bits per heavy atom. The van der Waals surface area contributed by atoms with Crippen molar-refractivity contribution in [2.75, 3.05) is 11.9 Å². The maximum atomic E-state index is 9.87. The normalized spacial score (nSPS) is 16.4. The van der Waals surface area contributed by atoms with E-state index in [0.717, 1.165) is 6.54 Å². The Kier molecular flexibility index (Phi) is 3.49. The Morgan fingerprint density at radius 2 is 1.27 bits per heavy atom. The fraction of sp³-hybridized carbons (Fsp3) is 0.143. The molecular formula is C14H14F6NP. The van der Waals surface area contributed by atoms with Crippen LogP contribution in [0.4, 0.5) is 30.9 Å². The van der Waals surface area contributed by atoms with Crippen LogP contribution in [0, 0.1) is 0 Å². The number of hydrogen-bond acceptors (Lipinski definition) is 1. The van der Waals surface area contributed by atoms with E-state index >= 15 is 0 Å². The summed E-state index contributed by atoms with van der Waals surface area (Å²) in [6.45, 7) is 1.01. The zero-order chi connectivity index (χ0) is 16.7. The van der Waals surface area contributed by atoms with Gasteiger partial charge in [-0.05, 0) is 17.2 Å². The van der Waals surface area contributed by atoms with E-state index in [1.165, 1.54) is 22.4 Å². The summed E-state index contributed by atoms with van der Waals surface area (Å²) in [5, 5.41) is 0. The molecule has 0 unspecified atom stereocenters. The first-order chi connectivity index (χ1) is 9.81. The third-order valence-corrected chi connectivity index (χ3v) is 3.03. The number of hydrogen-bond donors (Lipinski definition) is 0. The Morgan fingerprint density at radius 3 is 1.86 bits per heavy atom. The predicted octanol–water partition coefficient (Wildman–Crippen LogP) is 6.80. The molecule has 0 aliphatic carbocycles. The van der Waals surface area contributed by atoms with Gasteiger partial charge in [0.05, 0.1) is 0 Å². The summed E-state index contributed by atoms with van der Waals surface area (Å²) in [6.07, 6.45) is 0. The van der Waals surface area contributed by atoms with Crippen molar-refractivity contribution in [3.63, 3.8) is 0 Å². The molecule has 0 bridgehead atoms. The van der Waals surface area contributed by atoms with Gasteiger partial charge in [0.2, 0.25) is 0 Å². The summed E-state index contributed by atoms with van der Waals surface area (Å²) >= 11 is 0. The van der Waals surface area contributed by atoms with E-state index in [1.54, 1.807) is 0 Å². The smallest absolute Gasteiger partial charge is 1.00 e. The van der Waals surface area contributed by atoms with Crippen LogP contribution >= 0.6 is 7.81 Å². The third kappa shape index (κ3) is 5.22. The largest absolute Gasteiger partial charge is 1.00 e. The van der Waals surface area contributed by atoms with Crippen molar-refractivity contribution < 1.29 is 26.6 Å². The van der Waals surface area contributed by atoms with Crippen LogP contribution in [0.2, 0.25) is 0 Å². The molecule has 0 radical (unpaired) electrons. The average molecular weight is 341 g/mol. The van der Waals surface area contributed by atoms with Gasteiger partial charge in [0.25, 0.3) is 0 Å². The number of fused-ring (bicyclic) bond motifs is 3. The molecule has 0 atom stereocenters. The summed E-state index contributed by atoms with van der Waals surface area (Å²) in [6, 6.07) is 17.2. The van der Waals surface area contributed by atoms with Crippen LogP contribution in [-0.4, -0.2) is 7.05 Å². The predicted molar refractivity (Wildman–Crippen MR) is 78.7 cm³/mol. The molecule has 3 rings (SSSR count). The Bertz CT molecular complexity index is 690. The molecule has 1 nitrogen and oxygen atoms in total. The molecule has 0 saturated carbocycles. The minimum Gasteiger partial charge on any atom is 1.00 e. The van der Waals surface area contributed by atoms with E-state index in [0.29, 0.717) is 0 Å². The van der Waals surface area contributed by atoms with Crippen LogP contribution < -0.4 is 4.90 Å². The van der Waals surface area contributed by atoms with Gasteiger partial charge in [-0.2, -0.15) is 0 Å². The van der Waals surface area contributed by atoms with Gasteiger partial charge in [0.15, 0.2) is 0 Å². The van der Waals surface area contributed by atoms with E-state index < -0.39 is 7.81 Å². The second-order valence-corrected chi connectivity index (χ2v) is 6.91. The molecule has 1 aliphatic rings. The zero-order valence-corrected chi connectivity index (χ0v) is 12.4. The number of anilines is 1. The molecule has 2 aromatic rings. The molecule has 8 heteroatoms. The first-order valence-corrected chi connectivity index (χ1v) is 8.29. The minimum atomic E-state index is -10.7. The van der Waals surface area contributed by atoms with Crippen LogP contribution in [0.15, 0.2) is 48.5 Å². The summed E-state index contributed by atoms with van der Waals surface area (Å²) < 4.78 is 59.2. The fourth-order valence-corrected chi connectivity index (χ4v) is 2.30. The van der Waals surface area contributed by atoms with Gasteiger partial charge in [0, 0.05) is 24.8 Å². The summed E-state index contributed by atoms with van der Waals surface area (Å²) in [4.78, 5) is 2.30. The van der Waals surface area contributed by atoms with Crippen LogP contribution in [-0.2, 0) is 6.54 Å². The topological polar surface area (TPSA) is 3.24 Å². The van der Waals surface area contributed by atoms with Crippen molar-refractivity contribution in [1.29, 1.82) is 0 Å². The van der Waals surface area contributed by atoms with Crippen LogP contribution in [0.1, 0.15) is 6.99 Å². The minimum absolute atomic E-state index is 0. The number of nitrogens with zero attached hydrogens (tertiary/aromatic N) is 1. The standard InChI is InChI=1S/C14H13N.F6P/c1-15-10-11-6-2-3-7-12(11)13-8-4-5-9-14(13)15;1-7(2,3,4,5)6/h2-9H,10H2,1H3;/q;-1/p+1. The van der Waals surface area contributed by atoms with Crippen molar-refractivity contribution >= 4 is 13.5 Å².